The maximum atomic E-state index is 12.4. The van der Waals surface area contributed by atoms with E-state index in [2.05, 4.69) is 10.3 Å². The number of aliphatic hydroxyl groups excluding tert-OH is 1. The molecule has 1 unspecified atom stereocenters. The highest BCUT2D eigenvalue weighted by atomic mass is 16.3. The average molecular weight is 283 g/mol. The largest absolute Gasteiger partial charge is 0.394 e. The van der Waals surface area contributed by atoms with Crippen LogP contribution in [0.3, 0.4) is 0 Å². The lowest BCUT2D eigenvalue weighted by Gasteiger charge is -2.36. The number of urea groups is 1. The van der Waals surface area contributed by atoms with Gasteiger partial charge in [-0.3, -0.25) is 4.98 Å². The number of pyridine rings is 1. The molecule has 1 aromatic carbocycles. The normalized spacial score (nSPS) is 17.2. The third kappa shape index (κ3) is 2.73. The molecule has 2 N–H and O–H groups in total. The highest BCUT2D eigenvalue weighted by molar-refractivity contribution is 5.89. The van der Waals surface area contributed by atoms with E-state index in [-0.39, 0.29) is 18.7 Å². The van der Waals surface area contributed by atoms with Crippen molar-refractivity contribution in [2.45, 2.75) is 12.5 Å². The molecule has 1 aromatic heterocycles. The number of aromatic nitrogens is 1. The second kappa shape index (κ2) is 5.93. The fourth-order valence-corrected chi connectivity index (χ4v) is 2.72. The first kappa shape index (κ1) is 13.6. The Bertz CT molecular complexity index is 630. The molecule has 2 aromatic rings. The average Bonchev–Trinajstić information content (AvgIpc) is 2.54. The Morgan fingerprint density at radius 2 is 2.19 bits per heavy atom. The lowest BCUT2D eigenvalue weighted by atomic mass is 9.93. The second-order valence-electron chi connectivity index (χ2n) is 5.01. The van der Waals surface area contributed by atoms with Crippen LogP contribution in [0.1, 0.15) is 17.2 Å². The maximum absolute atomic E-state index is 12.4. The van der Waals surface area contributed by atoms with Crippen molar-refractivity contribution in [3.8, 4) is 0 Å². The summed E-state index contributed by atoms with van der Waals surface area (Å²) in [5.41, 5.74) is 2.87. The van der Waals surface area contributed by atoms with Gasteiger partial charge >= 0.3 is 6.03 Å². The molecular formula is C16H17N3O2. The maximum Gasteiger partial charge on any atom is 0.322 e. The Hall–Kier alpha value is -2.40. The zero-order valence-electron chi connectivity index (χ0n) is 11.6. The van der Waals surface area contributed by atoms with E-state index in [0.29, 0.717) is 12.2 Å². The number of anilines is 1. The molecule has 0 saturated heterocycles. The molecule has 0 spiro atoms. The minimum atomic E-state index is -0.299. The van der Waals surface area contributed by atoms with E-state index in [0.717, 1.165) is 12.0 Å². The van der Waals surface area contributed by atoms with Gasteiger partial charge in [-0.15, -0.1) is 0 Å². The third-order valence-electron chi connectivity index (χ3n) is 3.76. The van der Waals surface area contributed by atoms with E-state index in [4.69, 9.17) is 0 Å². The highest BCUT2D eigenvalue weighted by Crippen LogP contribution is 2.29. The van der Waals surface area contributed by atoms with Gasteiger partial charge in [0.05, 0.1) is 24.5 Å². The zero-order valence-corrected chi connectivity index (χ0v) is 11.6. The van der Waals surface area contributed by atoms with Crippen LogP contribution in [0.15, 0.2) is 48.8 Å². The van der Waals surface area contributed by atoms with Crippen LogP contribution in [0, 0.1) is 0 Å². The first-order chi connectivity index (χ1) is 10.3. The summed E-state index contributed by atoms with van der Waals surface area (Å²) in [6.45, 7) is 0.506. The van der Waals surface area contributed by atoms with Crippen LogP contribution in [0.4, 0.5) is 10.5 Å². The molecule has 2 amide bonds. The van der Waals surface area contributed by atoms with Crippen LogP contribution < -0.4 is 5.32 Å². The number of amides is 2. The topological polar surface area (TPSA) is 65.5 Å². The van der Waals surface area contributed by atoms with Gasteiger partial charge in [-0.1, -0.05) is 24.3 Å². The van der Waals surface area contributed by atoms with Crippen molar-refractivity contribution in [3.63, 3.8) is 0 Å². The number of benzene rings is 1. The van der Waals surface area contributed by atoms with Gasteiger partial charge in [-0.2, -0.15) is 0 Å². The molecule has 0 fully saturated rings. The van der Waals surface area contributed by atoms with Gasteiger partial charge in [-0.05, 0) is 29.7 Å². The van der Waals surface area contributed by atoms with E-state index in [1.165, 1.54) is 5.56 Å². The summed E-state index contributed by atoms with van der Waals surface area (Å²) < 4.78 is 0. The number of aliphatic hydroxyl groups is 1. The quantitative estimate of drug-likeness (QED) is 0.888. The molecule has 108 valence electrons. The summed E-state index contributed by atoms with van der Waals surface area (Å²) in [5, 5.41) is 12.5. The standard InChI is InChI=1S/C16H17N3O2/c20-11-15-14-6-2-1-4-12(14)7-9-19(15)16(21)18-13-5-3-8-17-10-13/h1-6,8,10,15,20H,7,9,11H2,(H,18,21). The summed E-state index contributed by atoms with van der Waals surface area (Å²) in [6, 6.07) is 11.0. The summed E-state index contributed by atoms with van der Waals surface area (Å²) >= 11 is 0. The van der Waals surface area contributed by atoms with Crippen LogP contribution in [-0.4, -0.2) is 34.2 Å². The summed E-state index contributed by atoms with van der Waals surface area (Å²) in [6.07, 6.45) is 4.06. The van der Waals surface area contributed by atoms with Crippen LogP contribution in [0.5, 0.6) is 0 Å². The fraction of sp³-hybridized carbons (Fsp3) is 0.250. The van der Waals surface area contributed by atoms with Gasteiger partial charge in [-0.25, -0.2) is 4.79 Å². The SMILES string of the molecule is O=C(Nc1cccnc1)N1CCc2ccccc2C1CO. The highest BCUT2D eigenvalue weighted by Gasteiger charge is 2.30. The van der Waals surface area contributed by atoms with Crippen molar-refractivity contribution in [1.29, 1.82) is 0 Å². The number of hydrogen-bond donors (Lipinski definition) is 2. The number of fused-ring (bicyclic) bond motifs is 1. The van der Waals surface area contributed by atoms with Crippen molar-refractivity contribution in [1.82, 2.24) is 9.88 Å². The number of carbonyl (C=O) groups is 1. The van der Waals surface area contributed by atoms with Crippen molar-refractivity contribution in [3.05, 3.63) is 59.9 Å². The molecule has 0 bridgehead atoms. The number of rotatable bonds is 2. The van der Waals surface area contributed by atoms with Crippen molar-refractivity contribution in [2.24, 2.45) is 0 Å². The molecule has 5 heteroatoms. The molecule has 1 atom stereocenters. The molecule has 2 heterocycles. The fourth-order valence-electron chi connectivity index (χ4n) is 2.72. The monoisotopic (exact) mass is 283 g/mol. The van der Waals surface area contributed by atoms with E-state index >= 15 is 0 Å². The Labute approximate surface area is 123 Å². The first-order valence-corrected chi connectivity index (χ1v) is 6.96. The van der Waals surface area contributed by atoms with E-state index < -0.39 is 0 Å². The van der Waals surface area contributed by atoms with Gasteiger partial charge in [0, 0.05) is 12.7 Å². The Morgan fingerprint density at radius 1 is 1.33 bits per heavy atom. The molecule has 3 rings (SSSR count). The van der Waals surface area contributed by atoms with Crippen molar-refractivity contribution >= 4 is 11.7 Å². The summed E-state index contributed by atoms with van der Waals surface area (Å²) in [4.78, 5) is 18.1. The van der Waals surface area contributed by atoms with Gasteiger partial charge in [0.1, 0.15) is 0 Å². The van der Waals surface area contributed by atoms with E-state index in [1.807, 2.05) is 24.3 Å². The number of hydrogen-bond acceptors (Lipinski definition) is 3. The van der Waals surface area contributed by atoms with Crippen LogP contribution in [-0.2, 0) is 6.42 Å². The predicted molar refractivity (Wildman–Crippen MR) is 79.9 cm³/mol. The molecule has 0 aliphatic carbocycles. The van der Waals surface area contributed by atoms with Crippen LogP contribution >= 0.6 is 0 Å². The molecule has 1 aliphatic heterocycles. The lowest BCUT2D eigenvalue weighted by Crippen LogP contribution is -2.43. The molecular weight excluding hydrogens is 266 g/mol. The second-order valence-corrected chi connectivity index (χ2v) is 5.01. The Morgan fingerprint density at radius 3 is 2.95 bits per heavy atom. The Kier molecular flexibility index (Phi) is 3.83. The summed E-state index contributed by atoms with van der Waals surface area (Å²) in [5.74, 6) is 0. The zero-order chi connectivity index (χ0) is 14.7. The molecule has 21 heavy (non-hydrogen) atoms. The number of nitrogens with zero attached hydrogens (tertiary/aromatic N) is 2. The van der Waals surface area contributed by atoms with Crippen molar-refractivity contribution < 1.29 is 9.90 Å². The summed E-state index contributed by atoms with van der Waals surface area (Å²) in [7, 11) is 0. The molecule has 5 nitrogen and oxygen atoms in total. The van der Waals surface area contributed by atoms with Crippen LogP contribution in [0.25, 0.3) is 0 Å². The Balaban J connectivity index is 1.81. The number of nitrogens with one attached hydrogen (secondary N) is 1. The van der Waals surface area contributed by atoms with Gasteiger partial charge in [0.25, 0.3) is 0 Å². The van der Waals surface area contributed by atoms with E-state index in [1.54, 1.807) is 29.4 Å². The van der Waals surface area contributed by atoms with Gasteiger partial charge in [0.15, 0.2) is 0 Å². The molecule has 1 aliphatic rings. The third-order valence-corrected chi connectivity index (χ3v) is 3.76. The minimum absolute atomic E-state index is 0.0858. The predicted octanol–water partition coefficient (Wildman–Crippen LogP) is 2.21. The van der Waals surface area contributed by atoms with Gasteiger partial charge < -0.3 is 15.3 Å². The molecule has 0 saturated carbocycles. The van der Waals surface area contributed by atoms with Crippen molar-refractivity contribution in [2.75, 3.05) is 18.5 Å². The lowest BCUT2D eigenvalue weighted by molar-refractivity contribution is 0.135. The minimum Gasteiger partial charge on any atom is -0.394 e. The van der Waals surface area contributed by atoms with E-state index in [9.17, 15) is 9.90 Å². The van der Waals surface area contributed by atoms with Crippen LogP contribution in [0.2, 0.25) is 0 Å². The smallest absolute Gasteiger partial charge is 0.322 e. The first-order valence-electron chi connectivity index (χ1n) is 6.96. The number of carbonyl (C=O) groups excluding carboxylic acids is 1. The van der Waals surface area contributed by atoms with Gasteiger partial charge in [0.2, 0.25) is 0 Å². The molecule has 0 radical (unpaired) electrons.